The second-order valence-corrected chi connectivity index (χ2v) is 9.04. The smallest absolute Gasteiger partial charge is 0.225 e. The molecule has 2 fully saturated rings. The summed E-state index contributed by atoms with van der Waals surface area (Å²) in [6.45, 7) is 11.3. The summed E-state index contributed by atoms with van der Waals surface area (Å²) < 4.78 is 0. The molecule has 0 spiro atoms. The Kier molecular flexibility index (Phi) is 8.58. The quantitative estimate of drug-likeness (QED) is 0.457. The number of carbonyl (C=O) groups is 1. The fraction of sp³-hybridized carbons (Fsp3) is 0.667. The van der Waals surface area contributed by atoms with E-state index in [1.807, 2.05) is 18.7 Å². The summed E-state index contributed by atoms with van der Waals surface area (Å²) in [5.41, 5.74) is 2.42. The van der Waals surface area contributed by atoms with Crippen molar-refractivity contribution in [3.63, 3.8) is 0 Å². The Morgan fingerprint density at radius 2 is 1.87 bits per heavy atom. The maximum atomic E-state index is 12.2. The van der Waals surface area contributed by atoms with Crippen LogP contribution in [0.25, 0.3) is 0 Å². The Balaban J connectivity index is 1.53. The highest BCUT2D eigenvalue weighted by molar-refractivity contribution is 5.81. The lowest BCUT2D eigenvalue weighted by Crippen LogP contribution is -2.45. The standard InChI is InChI=1S/C24H39N5O2/c1-4-25-24(27-21-11-14-29(16-21)23(31)18(2)3)26-15-19-5-7-22(8-6-19)28-12-9-20(17-30)10-13-28/h5-8,18,20-21,30H,4,9-17H2,1-3H3,(H2,25,26,27). The van der Waals surface area contributed by atoms with E-state index in [0.717, 1.165) is 57.9 Å². The predicted molar refractivity (Wildman–Crippen MR) is 126 cm³/mol. The summed E-state index contributed by atoms with van der Waals surface area (Å²) in [7, 11) is 0. The molecule has 1 amide bonds. The number of aliphatic hydroxyl groups excluding tert-OH is 1. The van der Waals surface area contributed by atoms with Gasteiger partial charge >= 0.3 is 0 Å². The molecular weight excluding hydrogens is 390 g/mol. The Morgan fingerprint density at radius 3 is 2.48 bits per heavy atom. The van der Waals surface area contributed by atoms with Crippen LogP contribution in [-0.2, 0) is 11.3 Å². The average Bonchev–Trinajstić information content (AvgIpc) is 3.26. The van der Waals surface area contributed by atoms with E-state index in [-0.39, 0.29) is 17.9 Å². The van der Waals surface area contributed by atoms with Crippen LogP contribution in [0.4, 0.5) is 5.69 Å². The number of nitrogens with zero attached hydrogens (tertiary/aromatic N) is 3. The third-order valence-corrected chi connectivity index (χ3v) is 6.27. The molecule has 7 nitrogen and oxygen atoms in total. The van der Waals surface area contributed by atoms with E-state index in [9.17, 15) is 9.90 Å². The number of benzene rings is 1. The fourth-order valence-corrected chi connectivity index (χ4v) is 4.31. The fourth-order valence-electron chi connectivity index (χ4n) is 4.31. The molecule has 2 aliphatic heterocycles. The van der Waals surface area contributed by atoms with Gasteiger partial charge < -0.3 is 25.5 Å². The molecule has 1 aromatic rings. The van der Waals surface area contributed by atoms with Crippen molar-refractivity contribution in [2.24, 2.45) is 16.8 Å². The van der Waals surface area contributed by atoms with Crippen molar-refractivity contribution >= 4 is 17.6 Å². The van der Waals surface area contributed by atoms with Gasteiger partial charge in [0.2, 0.25) is 5.91 Å². The first-order chi connectivity index (χ1) is 15.0. The van der Waals surface area contributed by atoms with Crippen molar-refractivity contribution in [3.05, 3.63) is 29.8 Å². The van der Waals surface area contributed by atoms with Gasteiger partial charge in [0.1, 0.15) is 0 Å². The molecule has 0 saturated carbocycles. The first-order valence-electron chi connectivity index (χ1n) is 11.8. The highest BCUT2D eigenvalue weighted by Gasteiger charge is 2.28. The Bertz CT molecular complexity index is 726. The maximum Gasteiger partial charge on any atom is 0.225 e. The predicted octanol–water partition coefficient (Wildman–Crippen LogP) is 2.21. The molecule has 0 aromatic heterocycles. The molecule has 3 N–H and O–H groups in total. The molecule has 0 radical (unpaired) electrons. The minimum atomic E-state index is 0.0460. The summed E-state index contributed by atoms with van der Waals surface area (Å²) in [5, 5.41) is 16.1. The van der Waals surface area contributed by atoms with Gasteiger partial charge in [0.15, 0.2) is 5.96 Å². The number of likely N-dealkylation sites (tertiary alicyclic amines) is 1. The van der Waals surface area contributed by atoms with Gasteiger partial charge in [-0.05, 0) is 49.8 Å². The van der Waals surface area contributed by atoms with Crippen LogP contribution in [0.5, 0.6) is 0 Å². The monoisotopic (exact) mass is 429 g/mol. The van der Waals surface area contributed by atoms with E-state index in [2.05, 4.69) is 46.7 Å². The molecular formula is C24H39N5O2. The zero-order valence-corrected chi connectivity index (χ0v) is 19.3. The molecule has 7 heteroatoms. The summed E-state index contributed by atoms with van der Waals surface area (Å²) in [6, 6.07) is 8.90. The lowest BCUT2D eigenvalue weighted by molar-refractivity contribution is -0.133. The number of nitrogens with one attached hydrogen (secondary N) is 2. The molecule has 1 aromatic carbocycles. The number of anilines is 1. The average molecular weight is 430 g/mol. The SMILES string of the molecule is CCNC(=NCc1ccc(N2CCC(CO)CC2)cc1)NC1CCN(C(=O)C(C)C)C1. The van der Waals surface area contributed by atoms with Gasteiger partial charge in [0.05, 0.1) is 6.54 Å². The Hall–Kier alpha value is -2.28. The minimum Gasteiger partial charge on any atom is -0.396 e. The molecule has 0 aliphatic carbocycles. The first-order valence-corrected chi connectivity index (χ1v) is 11.8. The Labute approximate surface area is 186 Å². The molecule has 31 heavy (non-hydrogen) atoms. The molecule has 2 aliphatic rings. The third-order valence-electron chi connectivity index (χ3n) is 6.27. The molecule has 0 bridgehead atoms. The van der Waals surface area contributed by atoms with Crippen molar-refractivity contribution in [1.29, 1.82) is 0 Å². The lowest BCUT2D eigenvalue weighted by atomic mass is 9.97. The summed E-state index contributed by atoms with van der Waals surface area (Å²) in [6.07, 6.45) is 3.06. The van der Waals surface area contributed by atoms with Gasteiger partial charge in [-0.3, -0.25) is 4.79 Å². The highest BCUT2D eigenvalue weighted by Crippen LogP contribution is 2.23. The van der Waals surface area contributed by atoms with E-state index in [1.165, 1.54) is 11.3 Å². The Morgan fingerprint density at radius 1 is 1.16 bits per heavy atom. The van der Waals surface area contributed by atoms with Crippen LogP contribution in [0.3, 0.4) is 0 Å². The number of piperidine rings is 1. The topological polar surface area (TPSA) is 80.2 Å². The number of hydrogen-bond donors (Lipinski definition) is 3. The van der Waals surface area contributed by atoms with E-state index >= 15 is 0 Å². The van der Waals surface area contributed by atoms with Crippen LogP contribution in [0.1, 0.15) is 45.6 Å². The van der Waals surface area contributed by atoms with E-state index < -0.39 is 0 Å². The van der Waals surface area contributed by atoms with Gasteiger partial charge in [0.25, 0.3) is 0 Å². The van der Waals surface area contributed by atoms with Gasteiger partial charge in [-0.2, -0.15) is 0 Å². The van der Waals surface area contributed by atoms with Gasteiger partial charge in [-0.25, -0.2) is 4.99 Å². The summed E-state index contributed by atoms with van der Waals surface area (Å²) in [5.74, 6) is 1.54. The number of guanidine groups is 1. The summed E-state index contributed by atoms with van der Waals surface area (Å²) >= 11 is 0. The molecule has 172 valence electrons. The molecule has 3 rings (SSSR count). The van der Waals surface area contributed by atoms with Crippen LogP contribution in [-0.4, -0.2) is 67.2 Å². The van der Waals surface area contributed by atoms with Gasteiger partial charge in [-0.15, -0.1) is 0 Å². The zero-order valence-electron chi connectivity index (χ0n) is 19.3. The van der Waals surface area contributed by atoms with E-state index in [0.29, 0.717) is 19.1 Å². The van der Waals surface area contributed by atoms with Gasteiger partial charge in [-0.1, -0.05) is 26.0 Å². The van der Waals surface area contributed by atoms with E-state index in [4.69, 9.17) is 4.99 Å². The van der Waals surface area contributed by atoms with Crippen molar-refractivity contribution in [3.8, 4) is 0 Å². The molecule has 2 saturated heterocycles. The first kappa shape index (κ1) is 23.4. The number of carbonyl (C=O) groups excluding carboxylic acids is 1. The zero-order chi connectivity index (χ0) is 22.2. The third kappa shape index (κ3) is 6.60. The van der Waals surface area contributed by atoms with Crippen molar-refractivity contribution in [1.82, 2.24) is 15.5 Å². The number of aliphatic hydroxyl groups is 1. The molecule has 2 heterocycles. The number of hydrogen-bond acceptors (Lipinski definition) is 4. The van der Waals surface area contributed by atoms with Gasteiger partial charge in [0, 0.05) is 57.0 Å². The second-order valence-electron chi connectivity index (χ2n) is 9.04. The van der Waals surface area contributed by atoms with Crippen molar-refractivity contribution < 1.29 is 9.90 Å². The largest absolute Gasteiger partial charge is 0.396 e. The number of amides is 1. The maximum absolute atomic E-state index is 12.2. The summed E-state index contributed by atoms with van der Waals surface area (Å²) in [4.78, 5) is 21.3. The number of aliphatic imine (C=N–C) groups is 1. The minimum absolute atomic E-state index is 0.0460. The van der Waals surface area contributed by atoms with Crippen LogP contribution >= 0.6 is 0 Å². The normalized spacial score (nSPS) is 20.4. The molecule has 1 unspecified atom stereocenters. The van der Waals surface area contributed by atoms with Crippen LogP contribution in [0.15, 0.2) is 29.3 Å². The number of rotatable bonds is 7. The second kappa shape index (κ2) is 11.4. The highest BCUT2D eigenvalue weighted by atomic mass is 16.3. The van der Waals surface area contributed by atoms with Crippen LogP contribution in [0, 0.1) is 11.8 Å². The van der Waals surface area contributed by atoms with Crippen LogP contribution < -0.4 is 15.5 Å². The van der Waals surface area contributed by atoms with E-state index in [1.54, 1.807) is 0 Å². The van der Waals surface area contributed by atoms with Crippen molar-refractivity contribution in [2.45, 2.75) is 52.6 Å². The van der Waals surface area contributed by atoms with Crippen molar-refractivity contribution in [2.75, 3.05) is 44.2 Å². The van der Waals surface area contributed by atoms with Crippen LogP contribution in [0.2, 0.25) is 0 Å². The lowest BCUT2D eigenvalue weighted by Gasteiger charge is -2.32. The molecule has 1 atom stereocenters.